The van der Waals surface area contributed by atoms with E-state index in [1.54, 1.807) is 30.3 Å². The van der Waals surface area contributed by atoms with Crippen molar-refractivity contribution in [3.63, 3.8) is 0 Å². The van der Waals surface area contributed by atoms with Gasteiger partial charge in [0.15, 0.2) is 0 Å². The third kappa shape index (κ3) is 3.36. The van der Waals surface area contributed by atoms with Gasteiger partial charge < -0.3 is 9.42 Å². The summed E-state index contributed by atoms with van der Waals surface area (Å²) in [6.45, 7) is 1.04. The summed E-state index contributed by atoms with van der Waals surface area (Å²) >= 11 is 0. The lowest BCUT2D eigenvalue weighted by Crippen LogP contribution is -2.28. The first-order valence-electron chi connectivity index (χ1n) is 9.76. The predicted octanol–water partition coefficient (Wildman–Crippen LogP) is 2.89. The molecule has 0 aliphatic carbocycles. The summed E-state index contributed by atoms with van der Waals surface area (Å²) in [7, 11) is 1.80. The highest BCUT2D eigenvalue weighted by molar-refractivity contribution is 5.94. The Morgan fingerprint density at radius 3 is 2.63 bits per heavy atom. The van der Waals surface area contributed by atoms with E-state index in [-0.39, 0.29) is 17.7 Å². The van der Waals surface area contributed by atoms with Crippen molar-refractivity contribution in [3.05, 3.63) is 84.3 Å². The van der Waals surface area contributed by atoms with Crippen LogP contribution in [-0.2, 0) is 7.05 Å². The number of hydrogen-bond acceptors (Lipinski definition) is 6. The van der Waals surface area contributed by atoms with Crippen LogP contribution in [-0.4, -0.2) is 48.8 Å². The second-order valence-corrected chi connectivity index (χ2v) is 7.43. The number of likely N-dealkylation sites (tertiary alicyclic amines) is 1. The number of hydrogen-bond donors (Lipinski definition) is 0. The van der Waals surface area contributed by atoms with E-state index in [4.69, 9.17) is 4.52 Å². The fraction of sp³-hybridized carbons (Fsp3) is 0.227. The highest BCUT2D eigenvalue weighted by Crippen LogP contribution is 2.39. The molecule has 4 aromatic rings. The summed E-state index contributed by atoms with van der Waals surface area (Å²) in [6, 6.07) is 13.6. The third-order valence-electron chi connectivity index (χ3n) is 5.46. The van der Waals surface area contributed by atoms with Crippen molar-refractivity contribution in [1.82, 2.24) is 29.8 Å². The SMILES string of the molecule is Cn1cc(C(=O)N2CC(c3cccnc3)C(c3nc(-c4ccccc4)no3)C2)cn1. The average molecular weight is 400 g/mol. The average Bonchev–Trinajstić information content (AvgIpc) is 3.53. The monoisotopic (exact) mass is 400 g/mol. The van der Waals surface area contributed by atoms with E-state index in [1.807, 2.05) is 53.6 Å². The van der Waals surface area contributed by atoms with Gasteiger partial charge in [-0.05, 0) is 11.6 Å². The van der Waals surface area contributed by atoms with Gasteiger partial charge in [0.2, 0.25) is 11.7 Å². The molecule has 1 amide bonds. The number of aromatic nitrogens is 5. The molecule has 8 heteroatoms. The zero-order valence-electron chi connectivity index (χ0n) is 16.4. The van der Waals surface area contributed by atoms with Gasteiger partial charge in [0.25, 0.3) is 5.91 Å². The van der Waals surface area contributed by atoms with Crippen molar-refractivity contribution < 1.29 is 9.32 Å². The maximum atomic E-state index is 13.0. The molecular formula is C22H20N6O2. The number of pyridine rings is 1. The van der Waals surface area contributed by atoms with E-state index in [0.29, 0.717) is 30.4 Å². The molecular weight excluding hydrogens is 380 g/mol. The molecule has 2 unspecified atom stereocenters. The molecule has 0 bridgehead atoms. The topological polar surface area (TPSA) is 89.9 Å². The summed E-state index contributed by atoms with van der Waals surface area (Å²) in [5.74, 6) is 0.933. The fourth-order valence-electron chi connectivity index (χ4n) is 3.96. The van der Waals surface area contributed by atoms with Crippen LogP contribution in [0.5, 0.6) is 0 Å². The first-order valence-corrected chi connectivity index (χ1v) is 9.76. The van der Waals surface area contributed by atoms with Crippen LogP contribution in [0.25, 0.3) is 11.4 Å². The number of nitrogens with zero attached hydrogens (tertiary/aromatic N) is 6. The molecule has 0 saturated carbocycles. The van der Waals surface area contributed by atoms with Gasteiger partial charge in [-0.15, -0.1) is 0 Å². The van der Waals surface area contributed by atoms with Crippen molar-refractivity contribution >= 4 is 5.91 Å². The van der Waals surface area contributed by atoms with Crippen molar-refractivity contribution in [2.24, 2.45) is 7.05 Å². The molecule has 0 radical (unpaired) electrons. The van der Waals surface area contributed by atoms with E-state index in [1.165, 1.54) is 0 Å². The minimum Gasteiger partial charge on any atom is -0.339 e. The number of rotatable bonds is 4. The number of carbonyl (C=O) groups excluding carboxylic acids is 1. The van der Waals surface area contributed by atoms with E-state index in [0.717, 1.165) is 11.1 Å². The van der Waals surface area contributed by atoms with Crippen molar-refractivity contribution in [2.75, 3.05) is 13.1 Å². The quantitative estimate of drug-likeness (QED) is 0.523. The zero-order chi connectivity index (χ0) is 20.5. The molecule has 5 rings (SSSR count). The highest BCUT2D eigenvalue weighted by atomic mass is 16.5. The van der Waals surface area contributed by atoms with Gasteiger partial charge in [-0.3, -0.25) is 14.5 Å². The van der Waals surface area contributed by atoms with Crippen molar-refractivity contribution in [3.8, 4) is 11.4 Å². The molecule has 3 aromatic heterocycles. The fourth-order valence-corrected chi connectivity index (χ4v) is 3.96. The second-order valence-electron chi connectivity index (χ2n) is 7.43. The van der Waals surface area contributed by atoms with E-state index >= 15 is 0 Å². The van der Waals surface area contributed by atoms with Crippen LogP contribution in [0.3, 0.4) is 0 Å². The Bertz CT molecular complexity index is 1150. The lowest BCUT2D eigenvalue weighted by molar-refractivity contribution is 0.0788. The molecule has 1 aliphatic rings. The second kappa shape index (κ2) is 7.55. The molecule has 1 aliphatic heterocycles. The molecule has 0 spiro atoms. The van der Waals surface area contributed by atoms with Crippen LogP contribution < -0.4 is 0 Å². The maximum absolute atomic E-state index is 13.0. The van der Waals surface area contributed by atoms with Gasteiger partial charge in [-0.1, -0.05) is 41.6 Å². The Kier molecular flexibility index (Phi) is 4.59. The van der Waals surface area contributed by atoms with Gasteiger partial charge in [0.05, 0.1) is 17.7 Å². The van der Waals surface area contributed by atoms with Crippen LogP contribution >= 0.6 is 0 Å². The standard InChI is InChI=1S/C22H20N6O2/c1-27-12-17(11-24-27)22(29)28-13-18(16-8-5-9-23-10-16)19(14-28)21-25-20(26-30-21)15-6-3-2-4-7-15/h2-12,18-19H,13-14H2,1H3. The first-order chi connectivity index (χ1) is 14.7. The van der Waals surface area contributed by atoms with Gasteiger partial charge >= 0.3 is 0 Å². The first kappa shape index (κ1) is 18.2. The molecule has 1 fully saturated rings. The molecule has 150 valence electrons. The van der Waals surface area contributed by atoms with E-state index < -0.39 is 0 Å². The summed E-state index contributed by atoms with van der Waals surface area (Å²) < 4.78 is 7.29. The van der Waals surface area contributed by atoms with Gasteiger partial charge in [-0.2, -0.15) is 10.1 Å². The molecule has 2 atom stereocenters. The molecule has 30 heavy (non-hydrogen) atoms. The van der Waals surface area contributed by atoms with Crippen LogP contribution in [0, 0.1) is 0 Å². The van der Waals surface area contributed by atoms with Crippen LogP contribution in [0.2, 0.25) is 0 Å². The number of amides is 1. The lowest BCUT2D eigenvalue weighted by Gasteiger charge is -2.15. The summed E-state index contributed by atoms with van der Waals surface area (Å²) in [4.78, 5) is 23.8. The largest absolute Gasteiger partial charge is 0.339 e. The zero-order valence-corrected chi connectivity index (χ0v) is 16.4. The van der Waals surface area contributed by atoms with Gasteiger partial charge in [0.1, 0.15) is 0 Å². The van der Waals surface area contributed by atoms with E-state index in [2.05, 4.69) is 20.2 Å². The van der Waals surface area contributed by atoms with Crippen LogP contribution in [0.4, 0.5) is 0 Å². The smallest absolute Gasteiger partial charge is 0.257 e. The Morgan fingerprint density at radius 1 is 1.07 bits per heavy atom. The molecule has 0 N–H and O–H groups in total. The van der Waals surface area contributed by atoms with Crippen molar-refractivity contribution in [2.45, 2.75) is 11.8 Å². The van der Waals surface area contributed by atoms with Crippen LogP contribution in [0.1, 0.15) is 33.6 Å². The number of aryl methyl sites for hydroxylation is 1. The summed E-state index contributed by atoms with van der Waals surface area (Å²) in [5.41, 5.74) is 2.51. The molecule has 8 nitrogen and oxygen atoms in total. The highest BCUT2D eigenvalue weighted by Gasteiger charge is 2.41. The lowest BCUT2D eigenvalue weighted by atomic mass is 9.90. The summed E-state index contributed by atoms with van der Waals surface area (Å²) in [6.07, 6.45) is 6.90. The number of benzene rings is 1. The Balaban J connectivity index is 1.47. The Morgan fingerprint density at radius 2 is 1.90 bits per heavy atom. The Labute approximate surface area is 173 Å². The molecule has 1 aromatic carbocycles. The molecule has 1 saturated heterocycles. The predicted molar refractivity (Wildman–Crippen MR) is 109 cm³/mol. The summed E-state index contributed by atoms with van der Waals surface area (Å²) in [5, 5.41) is 8.29. The maximum Gasteiger partial charge on any atom is 0.257 e. The van der Waals surface area contributed by atoms with Crippen LogP contribution in [0.15, 0.2) is 71.8 Å². The molecule has 4 heterocycles. The normalized spacial score (nSPS) is 18.6. The van der Waals surface area contributed by atoms with Gasteiger partial charge in [-0.25, -0.2) is 0 Å². The minimum atomic E-state index is -0.111. The van der Waals surface area contributed by atoms with Crippen molar-refractivity contribution in [1.29, 1.82) is 0 Å². The van der Waals surface area contributed by atoms with E-state index in [9.17, 15) is 4.79 Å². The Hall–Kier alpha value is -3.81. The van der Waals surface area contributed by atoms with Gasteiger partial charge in [0, 0.05) is 50.2 Å². The minimum absolute atomic E-state index is 0.0170. The number of carbonyl (C=O) groups is 1. The third-order valence-corrected chi connectivity index (χ3v) is 5.46.